The van der Waals surface area contributed by atoms with Crippen LogP contribution < -0.4 is 5.32 Å². The van der Waals surface area contributed by atoms with E-state index in [-0.39, 0.29) is 32.9 Å². The molecule has 28 heavy (non-hydrogen) atoms. The van der Waals surface area contributed by atoms with Gasteiger partial charge in [0.1, 0.15) is 4.21 Å². The summed E-state index contributed by atoms with van der Waals surface area (Å²) in [6.45, 7) is 0.475. The third-order valence-corrected chi connectivity index (χ3v) is 8.06. The number of benzene rings is 1. The number of methoxy groups -OCH3 is 1. The van der Waals surface area contributed by atoms with Crippen molar-refractivity contribution in [3.05, 3.63) is 46.3 Å². The number of carbonyl (C=O) groups excluding carboxylic acids is 2. The van der Waals surface area contributed by atoms with Crippen LogP contribution in [0.3, 0.4) is 0 Å². The number of thiophene rings is 1. The molecule has 1 aromatic carbocycles. The van der Waals surface area contributed by atoms with E-state index in [1.165, 1.54) is 29.6 Å². The van der Waals surface area contributed by atoms with Gasteiger partial charge in [0.25, 0.3) is 10.0 Å². The monoisotopic (exact) mass is 442 g/mol. The molecule has 0 aliphatic carbocycles. The molecule has 0 bridgehead atoms. The lowest BCUT2D eigenvalue weighted by Gasteiger charge is -2.30. The van der Waals surface area contributed by atoms with Crippen molar-refractivity contribution >= 4 is 50.5 Å². The van der Waals surface area contributed by atoms with Gasteiger partial charge in [-0.3, -0.25) is 4.79 Å². The second-order valence-corrected chi connectivity index (χ2v) is 9.83. The number of sulfonamides is 1. The van der Waals surface area contributed by atoms with Crippen molar-refractivity contribution < 1.29 is 22.7 Å². The number of amides is 1. The number of esters is 1. The Balaban J connectivity index is 1.74. The molecule has 1 aliphatic heterocycles. The molecule has 0 unspecified atom stereocenters. The van der Waals surface area contributed by atoms with Gasteiger partial charge in [-0.05, 0) is 42.5 Å². The SMILES string of the molecule is COC(=O)c1ccc(Cl)c(NC(=O)[C@H]2CCCN(S(=O)(=O)c3cccs3)C2)c1. The lowest BCUT2D eigenvalue weighted by molar-refractivity contribution is -0.120. The molecule has 3 rings (SSSR count). The summed E-state index contributed by atoms with van der Waals surface area (Å²) in [6.07, 6.45) is 1.15. The molecule has 1 N–H and O–H groups in total. The Morgan fingerprint density at radius 1 is 1.32 bits per heavy atom. The van der Waals surface area contributed by atoms with Crippen LogP contribution >= 0.6 is 22.9 Å². The van der Waals surface area contributed by atoms with Crippen LogP contribution in [0.4, 0.5) is 5.69 Å². The molecular formula is C18H19ClN2O5S2. The zero-order valence-corrected chi connectivity index (χ0v) is 17.4. The number of nitrogens with one attached hydrogen (secondary N) is 1. The predicted octanol–water partition coefficient (Wildman–Crippen LogP) is 3.23. The Morgan fingerprint density at radius 2 is 2.11 bits per heavy atom. The first-order chi connectivity index (χ1) is 13.3. The number of hydrogen-bond acceptors (Lipinski definition) is 6. The summed E-state index contributed by atoms with van der Waals surface area (Å²) in [6, 6.07) is 7.68. The Kier molecular flexibility index (Phi) is 6.39. The Morgan fingerprint density at radius 3 is 2.79 bits per heavy atom. The fraction of sp³-hybridized carbons (Fsp3) is 0.333. The van der Waals surface area contributed by atoms with Gasteiger partial charge < -0.3 is 10.1 Å². The standard InChI is InChI=1S/C18H19ClN2O5S2/c1-26-18(23)12-6-7-14(19)15(10-12)20-17(22)13-4-2-8-21(11-13)28(24,25)16-5-3-9-27-16/h3,5-7,9-10,13H,2,4,8,11H2,1H3,(H,20,22)/t13-/m0/s1. The van der Waals surface area contributed by atoms with Gasteiger partial charge in [-0.15, -0.1) is 11.3 Å². The van der Waals surface area contributed by atoms with E-state index >= 15 is 0 Å². The van der Waals surface area contributed by atoms with E-state index in [9.17, 15) is 18.0 Å². The zero-order valence-electron chi connectivity index (χ0n) is 15.1. The average molecular weight is 443 g/mol. The highest BCUT2D eigenvalue weighted by atomic mass is 35.5. The van der Waals surface area contributed by atoms with Gasteiger partial charge in [-0.1, -0.05) is 17.7 Å². The Labute approximate surface area is 172 Å². The minimum Gasteiger partial charge on any atom is -0.465 e. The molecule has 1 amide bonds. The Bertz CT molecular complexity index is 976. The summed E-state index contributed by atoms with van der Waals surface area (Å²) >= 11 is 7.28. The van der Waals surface area contributed by atoms with Crippen LogP contribution in [-0.4, -0.2) is 44.8 Å². The van der Waals surface area contributed by atoms with Crippen LogP contribution in [-0.2, 0) is 19.6 Å². The molecule has 0 saturated carbocycles. The van der Waals surface area contributed by atoms with E-state index in [2.05, 4.69) is 10.1 Å². The molecule has 1 atom stereocenters. The number of ether oxygens (including phenoxy) is 1. The topological polar surface area (TPSA) is 92.8 Å². The van der Waals surface area contributed by atoms with Crippen molar-refractivity contribution in [3.63, 3.8) is 0 Å². The van der Waals surface area contributed by atoms with Crippen LogP contribution in [0.5, 0.6) is 0 Å². The number of piperidine rings is 1. The third-order valence-electron chi connectivity index (χ3n) is 4.49. The van der Waals surface area contributed by atoms with Crippen molar-refractivity contribution in [2.24, 2.45) is 5.92 Å². The highest BCUT2D eigenvalue weighted by Crippen LogP contribution is 2.28. The molecule has 1 saturated heterocycles. The second-order valence-electron chi connectivity index (χ2n) is 6.31. The van der Waals surface area contributed by atoms with E-state index in [4.69, 9.17) is 11.6 Å². The molecule has 1 aromatic heterocycles. The molecule has 2 aromatic rings. The van der Waals surface area contributed by atoms with Crippen molar-refractivity contribution in [1.29, 1.82) is 0 Å². The summed E-state index contributed by atoms with van der Waals surface area (Å²) in [5, 5.41) is 4.69. The number of halogens is 1. The van der Waals surface area contributed by atoms with Crippen LogP contribution in [0.25, 0.3) is 0 Å². The summed E-state index contributed by atoms with van der Waals surface area (Å²) in [7, 11) is -2.34. The normalized spacial score (nSPS) is 17.9. The number of nitrogens with zero attached hydrogens (tertiary/aromatic N) is 1. The molecule has 7 nitrogen and oxygen atoms in total. The first kappa shape index (κ1) is 20.8. The molecule has 0 spiro atoms. The van der Waals surface area contributed by atoms with Crippen LogP contribution in [0.15, 0.2) is 39.9 Å². The van der Waals surface area contributed by atoms with Gasteiger partial charge in [0, 0.05) is 13.1 Å². The number of carbonyl (C=O) groups is 2. The highest BCUT2D eigenvalue weighted by molar-refractivity contribution is 7.91. The van der Waals surface area contributed by atoms with Crippen molar-refractivity contribution in [2.75, 3.05) is 25.5 Å². The van der Waals surface area contributed by atoms with E-state index in [0.29, 0.717) is 19.4 Å². The van der Waals surface area contributed by atoms with Crippen LogP contribution in [0.1, 0.15) is 23.2 Å². The third kappa shape index (κ3) is 4.38. The first-order valence-electron chi connectivity index (χ1n) is 8.55. The smallest absolute Gasteiger partial charge is 0.337 e. The lowest BCUT2D eigenvalue weighted by Crippen LogP contribution is -2.43. The Hall–Kier alpha value is -1.94. The predicted molar refractivity (Wildman–Crippen MR) is 107 cm³/mol. The van der Waals surface area contributed by atoms with Crippen molar-refractivity contribution in [3.8, 4) is 0 Å². The summed E-state index contributed by atoms with van der Waals surface area (Å²) in [5.41, 5.74) is 0.542. The first-order valence-corrected chi connectivity index (χ1v) is 11.2. The van der Waals surface area contributed by atoms with E-state index in [1.54, 1.807) is 17.5 Å². The van der Waals surface area contributed by atoms with E-state index in [0.717, 1.165) is 11.3 Å². The van der Waals surface area contributed by atoms with Gasteiger partial charge in [0.05, 0.1) is 29.3 Å². The molecule has 2 heterocycles. The molecular weight excluding hydrogens is 424 g/mol. The van der Waals surface area contributed by atoms with Crippen LogP contribution in [0.2, 0.25) is 5.02 Å². The van der Waals surface area contributed by atoms with Gasteiger partial charge in [-0.2, -0.15) is 4.31 Å². The largest absolute Gasteiger partial charge is 0.465 e. The minimum atomic E-state index is -3.60. The quantitative estimate of drug-likeness (QED) is 0.717. The number of anilines is 1. The van der Waals surface area contributed by atoms with Crippen molar-refractivity contribution in [1.82, 2.24) is 4.31 Å². The maximum absolute atomic E-state index is 12.7. The highest BCUT2D eigenvalue weighted by Gasteiger charge is 2.34. The summed E-state index contributed by atoms with van der Waals surface area (Å²) in [5.74, 6) is -1.39. The summed E-state index contributed by atoms with van der Waals surface area (Å²) < 4.78 is 31.7. The second kappa shape index (κ2) is 8.60. The molecule has 10 heteroatoms. The average Bonchev–Trinajstić information content (AvgIpc) is 3.25. The fourth-order valence-electron chi connectivity index (χ4n) is 3.01. The molecule has 0 radical (unpaired) electrons. The zero-order chi connectivity index (χ0) is 20.3. The maximum Gasteiger partial charge on any atom is 0.337 e. The minimum absolute atomic E-state index is 0.0976. The van der Waals surface area contributed by atoms with Gasteiger partial charge in [0.15, 0.2) is 0 Å². The number of rotatable bonds is 5. The maximum atomic E-state index is 12.7. The van der Waals surface area contributed by atoms with Gasteiger partial charge in [-0.25, -0.2) is 13.2 Å². The van der Waals surface area contributed by atoms with E-state index < -0.39 is 21.9 Å². The van der Waals surface area contributed by atoms with Crippen molar-refractivity contribution in [2.45, 2.75) is 17.1 Å². The molecule has 1 fully saturated rings. The van der Waals surface area contributed by atoms with Crippen LogP contribution in [0, 0.1) is 5.92 Å². The molecule has 150 valence electrons. The van der Waals surface area contributed by atoms with Gasteiger partial charge >= 0.3 is 5.97 Å². The van der Waals surface area contributed by atoms with Gasteiger partial charge in [0.2, 0.25) is 5.91 Å². The molecule has 1 aliphatic rings. The number of hydrogen-bond donors (Lipinski definition) is 1. The summed E-state index contributed by atoms with van der Waals surface area (Å²) in [4.78, 5) is 24.4. The fourth-order valence-corrected chi connectivity index (χ4v) is 5.85. The lowest BCUT2D eigenvalue weighted by atomic mass is 9.98. The van der Waals surface area contributed by atoms with E-state index in [1.807, 2.05) is 0 Å².